The third kappa shape index (κ3) is 7.34. The third-order valence-electron chi connectivity index (χ3n) is 4.68. The Morgan fingerprint density at radius 3 is 2.19 bits per heavy atom. The standard InChI is InChI=1S/C26H19Cl2N3O5/c1-35-26(34)17-3-7-21(8-4-17)31-25(33)18(14-29)12-16-2-11-23(22(28)13-16)36-15-24(32)30-20-9-5-19(27)6-10-20/h2-13H,15H2,1H3,(H,30,32)(H,31,33)/b18-12+. The Bertz CT molecular complexity index is 1350. The number of benzene rings is 3. The van der Waals surface area contributed by atoms with Gasteiger partial charge in [0, 0.05) is 16.4 Å². The zero-order valence-corrected chi connectivity index (χ0v) is 20.4. The van der Waals surface area contributed by atoms with Crippen molar-refractivity contribution in [2.24, 2.45) is 0 Å². The Labute approximate surface area is 217 Å². The summed E-state index contributed by atoms with van der Waals surface area (Å²) in [5, 5.41) is 15.4. The smallest absolute Gasteiger partial charge is 0.337 e. The van der Waals surface area contributed by atoms with Crippen molar-refractivity contribution in [3.8, 4) is 11.8 Å². The molecule has 0 saturated carbocycles. The predicted octanol–water partition coefficient (Wildman–Crippen LogP) is 5.34. The lowest BCUT2D eigenvalue weighted by Gasteiger charge is -2.10. The maximum Gasteiger partial charge on any atom is 0.337 e. The molecule has 0 spiro atoms. The molecule has 0 fully saturated rings. The second-order valence-electron chi connectivity index (χ2n) is 7.23. The summed E-state index contributed by atoms with van der Waals surface area (Å²) in [7, 11) is 1.27. The van der Waals surface area contributed by atoms with Crippen LogP contribution in [0, 0.1) is 11.3 Å². The Morgan fingerprint density at radius 2 is 1.58 bits per heavy atom. The van der Waals surface area contributed by atoms with E-state index in [0.717, 1.165) is 0 Å². The number of carbonyl (C=O) groups excluding carboxylic acids is 3. The molecule has 0 atom stereocenters. The minimum atomic E-state index is -0.640. The van der Waals surface area contributed by atoms with E-state index in [-0.39, 0.29) is 28.9 Å². The molecule has 3 aromatic rings. The minimum absolute atomic E-state index is 0.167. The number of rotatable bonds is 8. The molecule has 3 rings (SSSR count). The highest BCUT2D eigenvalue weighted by Gasteiger charge is 2.12. The number of ether oxygens (including phenoxy) is 2. The quantitative estimate of drug-likeness (QED) is 0.233. The van der Waals surface area contributed by atoms with E-state index in [4.69, 9.17) is 27.9 Å². The molecule has 182 valence electrons. The van der Waals surface area contributed by atoms with Crippen molar-refractivity contribution in [1.29, 1.82) is 5.26 Å². The average Bonchev–Trinajstić information content (AvgIpc) is 2.88. The van der Waals surface area contributed by atoms with Crippen LogP contribution in [0.15, 0.2) is 72.3 Å². The van der Waals surface area contributed by atoms with Crippen LogP contribution < -0.4 is 15.4 Å². The molecule has 3 aromatic carbocycles. The van der Waals surface area contributed by atoms with E-state index in [0.29, 0.717) is 27.5 Å². The summed E-state index contributed by atoms with van der Waals surface area (Å²) >= 11 is 12.1. The fraction of sp³-hybridized carbons (Fsp3) is 0.0769. The highest BCUT2D eigenvalue weighted by molar-refractivity contribution is 6.32. The number of halogens is 2. The van der Waals surface area contributed by atoms with Crippen molar-refractivity contribution in [3.63, 3.8) is 0 Å². The lowest BCUT2D eigenvalue weighted by Crippen LogP contribution is -2.20. The van der Waals surface area contributed by atoms with E-state index in [1.807, 2.05) is 6.07 Å². The highest BCUT2D eigenvalue weighted by Crippen LogP contribution is 2.27. The van der Waals surface area contributed by atoms with Gasteiger partial charge in [0.25, 0.3) is 11.8 Å². The van der Waals surface area contributed by atoms with Gasteiger partial charge in [0.15, 0.2) is 6.61 Å². The first-order chi connectivity index (χ1) is 17.3. The zero-order valence-electron chi connectivity index (χ0n) is 18.9. The summed E-state index contributed by atoms with van der Waals surface area (Å²) in [5.74, 6) is -1.27. The van der Waals surface area contributed by atoms with Gasteiger partial charge >= 0.3 is 5.97 Å². The maximum atomic E-state index is 12.5. The Balaban J connectivity index is 1.61. The molecule has 0 unspecified atom stereocenters. The number of nitriles is 1. The lowest BCUT2D eigenvalue weighted by atomic mass is 10.1. The van der Waals surface area contributed by atoms with Gasteiger partial charge in [0.1, 0.15) is 17.4 Å². The fourth-order valence-corrected chi connectivity index (χ4v) is 3.29. The largest absolute Gasteiger partial charge is 0.482 e. The molecule has 0 radical (unpaired) electrons. The molecule has 0 heterocycles. The first-order valence-corrected chi connectivity index (χ1v) is 11.1. The van der Waals surface area contributed by atoms with E-state index in [1.54, 1.807) is 30.3 Å². The molecule has 2 amide bonds. The first-order valence-electron chi connectivity index (χ1n) is 10.4. The van der Waals surface area contributed by atoms with Gasteiger partial charge in [-0.05, 0) is 72.3 Å². The summed E-state index contributed by atoms with van der Waals surface area (Å²) in [6.45, 7) is -0.280. The van der Waals surface area contributed by atoms with Crippen LogP contribution in [0.1, 0.15) is 15.9 Å². The Kier molecular flexibility index (Phi) is 9.06. The van der Waals surface area contributed by atoms with Crippen molar-refractivity contribution >= 4 is 58.4 Å². The number of methoxy groups -OCH3 is 1. The van der Waals surface area contributed by atoms with E-state index >= 15 is 0 Å². The van der Waals surface area contributed by atoms with E-state index < -0.39 is 11.9 Å². The first kappa shape index (κ1) is 26.3. The van der Waals surface area contributed by atoms with Crippen LogP contribution in [0.2, 0.25) is 10.0 Å². The van der Waals surface area contributed by atoms with Crippen LogP contribution in [-0.2, 0) is 14.3 Å². The molecule has 0 aliphatic carbocycles. The lowest BCUT2D eigenvalue weighted by molar-refractivity contribution is -0.118. The van der Waals surface area contributed by atoms with Crippen LogP contribution in [0.5, 0.6) is 5.75 Å². The van der Waals surface area contributed by atoms with E-state index in [9.17, 15) is 19.6 Å². The van der Waals surface area contributed by atoms with E-state index in [2.05, 4.69) is 15.4 Å². The zero-order chi connectivity index (χ0) is 26.1. The van der Waals surface area contributed by atoms with Crippen molar-refractivity contribution in [2.45, 2.75) is 0 Å². The second kappa shape index (κ2) is 12.4. The van der Waals surface area contributed by atoms with Gasteiger partial charge in [0.2, 0.25) is 0 Å². The number of esters is 1. The van der Waals surface area contributed by atoms with Gasteiger partial charge in [-0.25, -0.2) is 4.79 Å². The van der Waals surface area contributed by atoms with Crippen LogP contribution in [0.3, 0.4) is 0 Å². The molecule has 36 heavy (non-hydrogen) atoms. The average molecular weight is 524 g/mol. The van der Waals surface area contributed by atoms with Gasteiger partial charge < -0.3 is 20.1 Å². The number of nitrogens with one attached hydrogen (secondary N) is 2. The van der Waals surface area contributed by atoms with Crippen LogP contribution in [0.25, 0.3) is 6.08 Å². The van der Waals surface area contributed by atoms with Gasteiger partial charge in [-0.2, -0.15) is 5.26 Å². The third-order valence-corrected chi connectivity index (χ3v) is 5.23. The van der Waals surface area contributed by atoms with E-state index in [1.165, 1.54) is 49.6 Å². The monoisotopic (exact) mass is 523 g/mol. The maximum absolute atomic E-state index is 12.5. The fourth-order valence-electron chi connectivity index (χ4n) is 2.92. The molecule has 0 aromatic heterocycles. The van der Waals surface area contributed by atoms with Crippen molar-refractivity contribution in [3.05, 3.63) is 93.5 Å². The summed E-state index contributed by atoms with van der Waals surface area (Å²) in [4.78, 5) is 36.1. The normalized spacial score (nSPS) is 10.7. The van der Waals surface area contributed by atoms with Crippen molar-refractivity contribution < 1.29 is 23.9 Å². The SMILES string of the molecule is COC(=O)c1ccc(NC(=O)/C(C#N)=C/c2ccc(OCC(=O)Nc3ccc(Cl)cc3)c(Cl)c2)cc1. The number of hydrogen-bond acceptors (Lipinski definition) is 6. The summed E-state index contributed by atoms with van der Waals surface area (Å²) < 4.78 is 10.1. The number of hydrogen-bond donors (Lipinski definition) is 2. The number of carbonyl (C=O) groups is 3. The molecule has 2 N–H and O–H groups in total. The predicted molar refractivity (Wildman–Crippen MR) is 137 cm³/mol. The van der Waals surface area contributed by atoms with Crippen molar-refractivity contribution in [1.82, 2.24) is 0 Å². The molecule has 0 aliphatic heterocycles. The summed E-state index contributed by atoms with van der Waals surface area (Å²) in [6.07, 6.45) is 1.36. The van der Waals surface area contributed by atoms with Gasteiger partial charge in [-0.3, -0.25) is 9.59 Å². The van der Waals surface area contributed by atoms with Crippen LogP contribution >= 0.6 is 23.2 Å². The van der Waals surface area contributed by atoms with Gasteiger partial charge in [-0.1, -0.05) is 29.3 Å². The van der Waals surface area contributed by atoms with Crippen LogP contribution in [0.4, 0.5) is 11.4 Å². The number of amides is 2. The topological polar surface area (TPSA) is 118 Å². The van der Waals surface area contributed by atoms with Gasteiger partial charge in [0.05, 0.1) is 17.7 Å². The Hall–Kier alpha value is -4.32. The molecule has 8 nitrogen and oxygen atoms in total. The summed E-state index contributed by atoms with van der Waals surface area (Å²) in [5.41, 5.74) is 1.60. The molecular formula is C26H19Cl2N3O5. The number of nitrogens with zero attached hydrogens (tertiary/aromatic N) is 1. The second-order valence-corrected chi connectivity index (χ2v) is 8.07. The van der Waals surface area contributed by atoms with Gasteiger partial charge in [-0.15, -0.1) is 0 Å². The number of anilines is 2. The van der Waals surface area contributed by atoms with Crippen molar-refractivity contribution in [2.75, 3.05) is 24.4 Å². The molecule has 0 saturated heterocycles. The Morgan fingerprint density at radius 1 is 0.944 bits per heavy atom. The van der Waals surface area contributed by atoms with Crippen LogP contribution in [-0.4, -0.2) is 31.5 Å². The minimum Gasteiger partial charge on any atom is -0.482 e. The molecule has 0 bridgehead atoms. The molecule has 10 heteroatoms. The highest BCUT2D eigenvalue weighted by atomic mass is 35.5. The molecular weight excluding hydrogens is 505 g/mol. The summed E-state index contributed by atoms with van der Waals surface area (Å²) in [6, 6.07) is 19.1. The molecule has 0 aliphatic rings.